The standard InChI is InChI=1S/C23H25BrF3N3O2/c1-32-21-11-20(28)19(24)10-18(21)22(31)29-15-8-16-6-7-17(9-15)30(16)12-13-2-4-14(5-3-13)23(25,26)27/h2-5,10-11,15-17H,6-9,12,28H2,1H3,(H,29,31). The van der Waals surface area contributed by atoms with E-state index in [1.165, 1.54) is 7.11 Å². The number of hydrogen-bond acceptors (Lipinski definition) is 4. The molecule has 4 rings (SSSR count). The zero-order valence-corrected chi connectivity index (χ0v) is 19.2. The van der Waals surface area contributed by atoms with Crippen LogP contribution in [0.2, 0.25) is 0 Å². The summed E-state index contributed by atoms with van der Waals surface area (Å²) in [6.07, 6.45) is -0.664. The number of carbonyl (C=O) groups is 1. The number of halogens is 4. The molecule has 0 spiro atoms. The number of carbonyl (C=O) groups excluding carboxylic acids is 1. The van der Waals surface area contributed by atoms with Crippen LogP contribution in [0.4, 0.5) is 18.9 Å². The molecular formula is C23H25BrF3N3O2. The van der Waals surface area contributed by atoms with E-state index >= 15 is 0 Å². The van der Waals surface area contributed by atoms with Crippen LogP contribution in [-0.2, 0) is 12.7 Å². The van der Waals surface area contributed by atoms with Gasteiger partial charge in [-0.15, -0.1) is 0 Å². The van der Waals surface area contributed by atoms with Crippen LogP contribution in [0.25, 0.3) is 0 Å². The second kappa shape index (κ2) is 8.94. The number of methoxy groups -OCH3 is 1. The van der Waals surface area contributed by atoms with Crippen molar-refractivity contribution in [3.8, 4) is 5.75 Å². The van der Waals surface area contributed by atoms with Crippen molar-refractivity contribution in [3.63, 3.8) is 0 Å². The SMILES string of the molecule is COc1cc(N)c(Br)cc1C(=O)NC1CC2CCC(C1)N2Cc1ccc(C(F)(F)F)cc1. The summed E-state index contributed by atoms with van der Waals surface area (Å²) in [4.78, 5) is 15.3. The Bertz CT molecular complexity index is 983. The van der Waals surface area contributed by atoms with Gasteiger partial charge in [-0.25, -0.2) is 0 Å². The number of nitrogens with one attached hydrogen (secondary N) is 1. The summed E-state index contributed by atoms with van der Waals surface area (Å²) in [6.45, 7) is 0.618. The lowest BCUT2D eigenvalue weighted by molar-refractivity contribution is -0.137. The summed E-state index contributed by atoms with van der Waals surface area (Å²) in [5.41, 5.74) is 7.04. The van der Waals surface area contributed by atoms with E-state index in [2.05, 4.69) is 26.1 Å². The molecule has 3 N–H and O–H groups in total. The highest BCUT2D eigenvalue weighted by molar-refractivity contribution is 9.10. The van der Waals surface area contributed by atoms with Gasteiger partial charge in [0, 0.05) is 40.9 Å². The highest BCUT2D eigenvalue weighted by Crippen LogP contribution is 2.38. The second-order valence-corrected chi connectivity index (χ2v) is 9.32. The second-order valence-electron chi connectivity index (χ2n) is 8.47. The lowest BCUT2D eigenvalue weighted by Gasteiger charge is -2.39. The molecule has 32 heavy (non-hydrogen) atoms. The average Bonchev–Trinajstić information content (AvgIpc) is 2.97. The third kappa shape index (κ3) is 4.73. The van der Waals surface area contributed by atoms with Crippen LogP contribution >= 0.6 is 15.9 Å². The number of nitrogens with two attached hydrogens (primary N) is 1. The van der Waals surface area contributed by atoms with Crippen molar-refractivity contribution in [1.82, 2.24) is 10.2 Å². The molecule has 172 valence electrons. The summed E-state index contributed by atoms with van der Waals surface area (Å²) < 4.78 is 44.4. The van der Waals surface area contributed by atoms with Gasteiger partial charge in [0.25, 0.3) is 5.91 Å². The first-order chi connectivity index (χ1) is 15.2. The third-order valence-corrected chi connectivity index (χ3v) is 7.12. The monoisotopic (exact) mass is 511 g/mol. The Morgan fingerprint density at radius 1 is 1.19 bits per heavy atom. The molecule has 2 aromatic rings. The summed E-state index contributed by atoms with van der Waals surface area (Å²) in [7, 11) is 1.50. The maximum atomic E-state index is 12.9. The van der Waals surface area contributed by atoms with E-state index in [1.54, 1.807) is 24.3 Å². The number of piperidine rings is 1. The minimum absolute atomic E-state index is 0.0323. The maximum absolute atomic E-state index is 12.9. The fourth-order valence-corrected chi connectivity index (χ4v) is 5.18. The molecule has 0 saturated carbocycles. The molecule has 1 amide bonds. The molecule has 2 atom stereocenters. The molecule has 2 saturated heterocycles. The largest absolute Gasteiger partial charge is 0.496 e. The number of fused-ring (bicyclic) bond motifs is 2. The number of hydrogen-bond donors (Lipinski definition) is 2. The van der Waals surface area contributed by atoms with Crippen LogP contribution in [0.15, 0.2) is 40.9 Å². The lowest BCUT2D eigenvalue weighted by atomic mass is 9.96. The van der Waals surface area contributed by atoms with Crippen molar-refractivity contribution < 1.29 is 22.7 Å². The Kier molecular flexibility index (Phi) is 6.40. The number of ether oxygens (including phenoxy) is 1. The predicted octanol–water partition coefficient (Wildman–Crippen LogP) is 4.98. The lowest BCUT2D eigenvalue weighted by Crippen LogP contribution is -2.50. The smallest absolute Gasteiger partial charge is 0.416 e. The molecule has 5 nitrogen and oxygen atoms in total. The van der Waals surface area contributed by atoms with Gasteiger partial charge in [-0.1, -0.05) is 12.1 Å². The Morgan fingerprint density at radius 2 is 1.81 bits per heavy atom. The zero-order valence-electron chi connectivity index (χ0n) is 17.6. The molecule has 2 aromatic carbocycles. The first-order valence-corrected chi connectivity index (χ1v) is 11.3. The van der Waals surface area contributed by atoms with Crippen LogP contribution in [0.3, 0.4) is 0 Å². The van der Waals surface area contributed by atoms with Gasteiger partial charge in [-0.3, -0.25) is 9.69 Å². The minimum atomic E-state index is -4.32. The molecule has 0 aromatic heterocycles. The van der Waals surface area contributed by atoms with E-state index in [9.17, 15) is 18.0 Å². The molecule has 2 aliphatic rings. The molecular weight excluding hydrogens is 487 g/mol. The normalized spacial score (nSPS) is 23.2. The summed E-state index contributed by atoms with van der Waals surface area (Å²) >= 11 is 3.36. The van der Waals surface area contributed by atoms with Crippen LogP contribution < -0.4 is 15.8 Å². The first kappa shape index (κ1) is 22.9. The molecule has 2 aliphatic heterocycles. The highest BCUT2D eigenvalue weighted by Gasteiger charge is 2.41. The van der Waals surface area contributed by atoms with Crippen LogP contribution in [0.1, 0.15) is 47.2 Å². The average molecular weight is 512 g/mol. The van der Waals surface area contributed by atoms with Crippen LogP contribution in [0, 0.1) is 0 Å². The Hall–Kier alpha value is -2.26. The third-order valence-electron chi connectivity index (χ3n) is 6.43. The van der Waals surface area contributed by atoms with Crippen LogP contribution in [-0.4, -0.2) is 36.0 Å². The van der Waals surface area contributed by atoms with Crippen molar-refractivity contribution in [3.05, 3.63) is 57.6 Å². The maximum Gasteiger partial charge on any atom is 0.416 e. The molecule has 2 bridgehead atoms. The van der Waals surface area contributed by atoms with Crippen molar-refractivity contribution in [2.75, 3.05) is 12.8 Å². The molecule has 0 aliphatic carbocycles. The van der Waals surface area contributed by atoms with E-state index in [-0.39, 0.29) is 11.9 Å². The van der Waals surface area contributed by atoms with E-state index in [0.29, 0.717) is 40.1 Å². The Balaban J connectivity index is 1.40. The quantitative estimate of drug-likeness (QED) is 0.555. The van der Waals surface area contributed by atoms with Gasteiger partial charge in [-0.05, 0) is 65.4 Å². The van der Waals surface area contributed by atoms with E-state index in [4.69, 9.17) is 10.5 Å². The fourth-order valence-electron chi connectivity index (χ4n) is 4.84. The number of nitrogens with zero attached hydrogens (tertiary/aromatic N) is 1. The van der Waals surface area contributed by atoms with Crippen molar-refractivity contribution >= 4 is 27.5 Å². The highest BCUT2D eigenvalue weighted by atomic mass is 79.9. The van der Waals surface area contributed by atoms with Crippen molar-refractivity contribution in [1.29, 1.82) is 0 Å². The molecule has 2 unspecified atom stereocenters. The van der Waals surface area contributed by atoms with Gasteiger partial charge in [0.1, 0.15) is 5.75 Å². The Morgan fingerprint density at radius 3 is 2.38 bits per heavy atom. The van der Waals surface area contributed by atoms with Crippen molar-refractivity contribution in [2.45, 2.75) is 56.5 Å². The van der Waals surface area contributed by atoms with Crippen molar-refractivity contribution in [2.24, 2.45) is 0 Å². The van der Waals surface area contributed by atoms with Gasteiger partial charge in [-0.2, -0.15) is 13.2 Å². The van der Waals surface area contributed by atoms with E-state index in [1.807, 2.05) is 0 Å². The number of nitrogen functional groups attached to an aromatic ring is 1. The molecule has 2 fully saturated rings. The summed E-state index contributed by atoms with van der Waals surface area (Å²) in [6, 6.07) is 9.30. The number of amides is 1. The van der Waals surface area contributed by atoms with Gasteiger partial charge in [0.2, 0.25) is 0 Å². The Labute approximate surface area is 193 Å². The van der Waals surface area contributed by atoms with Crippen LogP contribution in [0.5, 0.6) is 5.75 Å². The topological polar surface area (TPSA) is 67.6 Å². The molecule has 2 heterocycles. The fraction of sp³-hybridized carbons (Fsp3) is 0.435. The number of rotatable bonds is 5. The van der Waals surface area contributed by atoms with Gasteiger partial charge in [0.05, 0.1) is 18.2 Å². The number of anilines is 1. The summed E-state index contributed by atoms with van der Waals surface area (Å²) in [5, 5.41) is 3.13. The molecule has 0 radical (unpaired) electrons. The predicted molar refractivity (Wildman–Crippen MR) is 119 cm³/mol. The number of alkyl halides is 3. The number of benzene rings is 2. The zero-order chi connectivity index (χ0) is 23.0. The minimum Gasteiger partial charge on any atom is -0.496 e. The first-order valence-electron chi connectivity index (χ1n) is 10.5. The van der Waals surface area contributed by atoms with Gasteiger partial charge >= 0.3 is 6.18 Å². The van der Waals surface area contributed by atoms with E-state index < -0.39 is 11.7 Å². The van der Waals surface area contributed by atoms with Gasteiger partial charge in [0.15, 0.2) is 0 Å². The molecule has 9 heteroatoms. The summed E-state index contributed by atoms with van der Waals surface area (Å²) in [5.74, 6) is 0.217. The van der Waals surface area contributed by atoms with E-state index in [0.717, 1.165) is 43.4 Å². The van der Waals surface area contributed by atoms with Gasteiger partial charge < -0.3 is 15.8 Å².